The summed E-state index contributed by atoms with van der Waals surface area (Å²) < 4.78 is 5.88. The smallest absolute Gasteiger partial charge is 0.252 e. The van der Waals surface area contributed by atoms with Crippen molar-refractivity contribution in [2.24, 2.45) is 0 Å². The number of benzene rings is 1. The molecule has 6 nitrogen and oxygen atoms in total. The van der Waals surface area contributed by atoms with E-state index in [9.17, 15) is 0 Å². The molecule has 0 spiro atoms. The van der Waals surface area contributed by atoms with Crippen LogP contribution in [-0.2, 0) is 0 Å². The first-order valence-electron chi connectivity index (χ1n) is 7.95. The van der Waals surface area contributed by atoms with Crippen LogP contribution in [0.3, 0.4) is 0 Å². The zero-order valence-corrected chi connectivity index (χ0v) is 14.4. The molecule has 0 unspecified atom stereocenters. The van der Waals surface area contributed by atoms with E-state index >= 15 is 0 Å². The second-order valence-corrected chi connectivity index (χ2v) is 6.44. The van der Waals surface area contributed by atoms with Gasteiger partial charge in [0.1, 0.15) is 5.82 Å². The first-order valence-corrected chi connectivity index (χ1v) is 8.33. The van der Waals surface area contributed by atoms with Gasteiger partial charge in [-0.25, -0.2) is 9.97 Å². The monoisotopic (exact) mass is 343 g/mol. The van der Waals surface area contributed by atoms with Crippen LogP contribution in [0.15, 0.2) is 28.7 Å². The van der Waals surface area contributed by atoms with Gasteiger partial charge in [0.2, 0.25) is 5.89 Å². The minimum absolute atomic E-state index is 0.478. The lowest BCUT2D eigenvalue weighted by Crippen LogP contribution is -2.45. The maximum absolute atomic E-state index is 6.27. The molecule has 0 N–H and O–H groups in total. The lowest BCUT2D eigenvalue weighted by atomic mass is 10.2. The first kappa shape index (κ1) is 15.4. The number of piperazine rings is 1. The molecule has 1 aliphatic heterocycles. The number of aryl methyl sites for hydroxylation is 1. The standard InChI is InChI=1S/C17H18ClN5O/c1-11-19-15(23-9-7-22(2)8-10-23)14-17(20-11)24-16(21-14)12-5-3-4-6-13(12)18/h3-6H,7-10H2,1-2H3. The number of hydrogen-bond acceptors (Lipinski definition) is 6. The molecule has 24 heavy (non-hydrogen) atoms. The highest BCUT2D eigenvalue weighted by Crippen LogP contribution is 2.32. The SMILES string of the molecule is Cc1nc(N2CCN(C)CC2)c2nc(-c3ccccc3Cl)oc2n1. The third-order valence-corrected chi connectivity index (χ3v) is 4.59. The summed E-state index contributed by atoms with van der Waals surface area (Å²) in [7, 11) is 2.13. The highest BCUT2D eigenvalue weighted by atomic mass is 35.5. The second kappa shape index (κ2) is 6.03. The van der Waals surface area contributed by atoms with E-state index in [0.29, 0.717) is 28.0 Å². The van der Waals surface area contributed by atoms with Crippen LogP contribution < -0.4 is 4.90 Å². The highest BCUT2D eigenvalue weighted by molar-refractivity contribution is 6.33. The summed E-state index contributed by atoms with van der Waals surface area (Å²) in [6, 6.07) is 7.51. The molecular formula is C17H18ClN5O. The average Bonchev–Trinajstić information content (AvgIpc) is 2.99. The summed E-state index contributed by atoms with van der Waals surface area (Å²) in [5.41, 5.74) is 1.96. The molecule has 0 aliphatic carbocycles. The van der Waals surface area contributed by atoms with Crippen molar-refractivity contribution in [2.45, 2.75) is 6.92 Å². The predicted molar refractivity (Wildman–Crippen MR) is 94.5 cm³/mol. The van der Waals surface area contributed by atoms with Crippen LogP contribution in [0, 0.1) is 6.92 Å². The maximum atomic E-state index is 6.27. The lowest BCUT2D eigenvalue weighted by molar-refractivity contribution is 0.312. The van der Waals surface area contributed by atoms with E-state index in [1.807, 2.05) is 31.2 Å². The molecule has 1 aromatic carbocycles. The lowest BCUT2D eigenvalue weighted by Gasteiger charge is -2.33. The Hall–Kier alpha value is -2.18. The number of nitrogens with zero attached hydrogens (tertiary/aromatic N) is 5. The quantitative estimate of drug-likeness (QED) is 0.713. The van der Waals surface area contributed by atoms with Gasteiger partial charge >= 0.3 is 0 Å². The van der Waals surface area contributed by atoms with E-state index < -0.39 is 0 Å². The van der Waals surface area contributed by atoms with Crippen molar-refractivity contribution < 1.29 is 4.42 Å². The van der Waals surface area contributed by atoms with Gasteiger partial charge in [0.05, 0.1) is 10.6 Å². The molecule has 0 amide bonds. The van der Waals surface area contributed by atoms with Gasteiger partial charge in [0.25, 0.3) is 5.71 Å². The van der Waals surface area contributed by atoms with Gasteiger partial charge in [-0.1, -0.05) is 23.7 Å². The predicted octanol–water partition coefficient (Wildman–Crippen LogP) is 3.00. The number of fused-ring (bicyclic) bond motifs is 1. The summed E-state index contributed by atoms with van der Waals surface area (Å²) >= 11 is 6.27. The molecule has 0 bridgehead atoms. The van der Waals surface area contributed by atoms with Crippen LogP contribution in [0.5, 0.6) is 0 Å². The first-order chi connectivity index (χ1) is 11.6. The van der Waals surface area contributed by atoms with Crippen LogP contribution in [-0.4, -0.2) is 53.1 Å². The molecule has 124 valence electrons. The fourth-order valence-electron chi connectivity index (χ4n) is 2.90. The van der Waals surface area contributed by atoms with Crippen molar-refractivity contribution in [3.8, 4) is 11.5 Å². The summed E-state index contributed by atoms with van der Waals surface area (Å²) in [6.07, 6.45) is 0. The van der Waals surface area contributed by atoms with Gasteiger partial charge < -0.3 is 14.2 Å². The van der Waals surface area contributed by atoms with Gasteiger partial charge in [-0.05, 0) is 26.1 Å². The van der Waals surface area contributed by atoms with Crippen molar-refractivity contribution in [1.82, 2.24) is 19.9 Å². The number of halogens is 1. The molecule has 0 atom stereocenters. The summed E-state index contributed by atoms with van der Waals surface area (Å²) in [5.74, 6) is 2.00. The third kappa shape index (κ3) is 2.72. The van der Waals surface area contributed by atoms with Crippen LogP contribution in [0.25, 0.3) is 22.7 Å². The number of rotatable bonds is 2. The van der Waals surface area contributed by atoms with Crippen LogP contribution in [0.1, 0.15) is 5.82 Å². The van der Waals surface area contributed by atoms with Crippen molar-refractivity contribution >= 4 is 28.6 Å². The number of anilines is 1. The second-order valence-electron chi connectivity index (χ2n) is 6.04. The fourth-order valence-corrected chi connectivity index (χ4v) is 3.12. The highest BCUT2D eigenvalue weighted by Gasteiger charge is 2.22. The summed E-state index contributed by atoms with van der Waals surface area (Å²) in [5, 5.41) is 0.606. The molecular weight excluding hydrogens is 326 g/mol. The Morgan fingerprint density at radius 3 is 2.54 bits per heavy atom. The van der Waals surface area contributed by atoms with E-state index in [1.165, 1.54) is 0 Å². The Labute approximate surface area is 145 Å². The molecule has 7 heteroatoms. The number of oxazole rings is 1. The molecule has 1 fully saturated rings. The van der Waals surface area contributed by atoms with Crippen molar-refractivity contribution in [2.75, 3.05) is 38.1 Å². The Bertz CT molecular complexity index is 886. The van der Waals surface area contributed by atoms with Crippen molar-refractivity contribution in [3.05, 3.63) is 35.1 Å². The largest absolute Gasteiger partial charge is 0.417 e. The van der Waals surface area contributed by atoms with Gasteiger partial charge in [0, 0.05) is 26.2 Å². The fraction of sp³-hybridized carbons (Fsp3) is 0.353. The zero-order valence-electron chi connectivity index (χ0n) is 13.7. The molecule has 1 saturated heterocycles. The van der Waals surface area contributed by atoms with Crippen molar-refractivity contribution in [1.29, 1.82) is 0 Å². The minimum Gasteiger partial charge on any atom is -0.417 e. The van der Waals surface area contributed by atoms with Gasteiger partial charge in [-0.3, -0.25) is 0 Å². The molecule has 3 aromatic rings. The van der Waals surface area contributed by atoms with Gasteiger partial charge in [0.15, 0.2) is 11.3 Å². The molecule has 4 rings (SSSR count). The van der Waals surface area contributed by atoms with Crippen LogP contribution >= 0.6 is 11.6 Å². The Morgan fingerprint density at radius 2 is 1.79 bits per heavy atom. The Kier molecular flexibility index (Phi) is 3.86. The normalized spacial score (nSPS) is 16.0. The maximum Gasteiger partial charge on any atom is 0.252 e. The van der Waals surface area contributed by atoms with Crippen LogP contribution in [0.4, 0.5) is 5.82 Å². The number of aromatic nitrogens is 3. The summed E-state index contributed by atoms with van der Waals surface area (Å²) in [6.45, 7) is 5.70. The molecule has 0 saturated carbocycles. The molecule has 1 aliphatic rings. The summed E-state index contributed by atoms with van der Waals surface area (Å²) in [4.78, 5) is 18.2. The minimum atomic E-state index is 0.478. The van der Waals surface area contributed by atoms with E-state index in [1.54, 1.807) is 0 Å². The molecule has 3 heterocycles. The van der Waals surface area contributed by atoms with Gasteiger partial charge in [-0.15, -0.1) is 0 Å². The van der Waals surface area contributed by atoms with Crippen LogP contribution in [0.2, 0.25) is 5.02 Å². The van der Waals surface area contributed by atoms with E-state index in [0.717, 1.165) is 37.6 Å². The average molecular weight is 344 g/mol. The van der Waals surface area contributed by atoms with Gasteiger partial charge in [-0.2, -0.15) is 4.98 Å². The van der Waals surface area contributed by atoms with Crippen molar-refractivity contribution in [3.63, 3.8) is 0 Å². The Morgan fingerprint density at radius 1 is 1.04 bits per heavy atom. The van der Waals surface area contributed by atoms with E-state index in [4.69, 9.17) is 16.0 Å². The molecule has 0 radical (unpaired) electrons. The Balaban J connectivity index is 1.82. The molecule has 2 aromatic heterocycles. The number of likely N-dealkylation sites (N-methyl/N-ethyl adjacent to an activating group) is 1. The third-order valence-electron chi connectivity index (χ3n) is 4.26. The van der Waals surface area contributed by atoms with E-state index in [-0.39, 0.29) is 0 Å². The van der Waals surface area contributed by atoms with E-state index in [2.05, 4.69) is 31.8 Å². The topological polar surface area (TPSA) is 58.3 Å². The number of hydrogen-bond donors (Lipinski definition) is 0. The zero-order chi connectivity index (χ0) is 16.7.